The summed E-state index contributed by atoms with van der Waals surface area (Å²) in [7, 11) is 0. The van der Waals surface area contributed by atoms with Gasteiger partial charge in [0.1, 0.15) is 0 Å². The van der Waals surface area contributed by atoms with Gasteiger partial charge < -0.3 is 4.74 Å². The lowest BCUT2D eigenvalue weighted by atomic mass is 10.0. The van der Waals surface area contributed by atoms with Crippen LogP contribution in [0.5, 0.6) is 0 Å². The molecule has 0 bridgehead atoms. The highest BCUT2D eigenvalue weighted by atomic mass is 16.5. The monoisotopic (exact) mass is 326 g/mol. The highest BCUT2D eigenvalue weighted by molar-refractivity contribution is 5.69. The van der Waals surface area contributed by atoms with Gasteiger partial charge in [0.05, 0.1) is 6.61 Å². The largest absolute Gasteiger partial charge is 0.466 e. The first-order valence-electron chi connectivity index (χ1n) is 10.3. The molecule has 0 radical (unpaired) electrons. The predicted molar refractivity (Wildman–Crippen MR) is 101 cm³/mol. The van der Waals surface area contributed by atoms with E-state index in [4.69, 9.17) is 4.74 Å². The third-order valence-corrected chi connectivity index (χ3v) is 4.42. The number of rotatable bonds is 17. The van der Waals surface area contributed by atoms with Crippen LogP contribution in [-0.4, -0.2) is 12.6 Å². The van der Waals surface area contributed by atoms with Crippen LogP contribution in [0.15, 0.2) is 0 Å². The van der Waals surface area contributed by atoms with E-state index in [1.54, 1.807) is 0 Å². The first kappa shape index (κ1) is 22.5. The fraction of sp³-hybridized carbons (Fsp3) is 0.952. The number of hydrogen-bond acceptors (Lipinski definition) is 2. The van der Waals surface area contributed by atoms with E-state index in [2.05, 4.69) is 20.8 Å². The SMILES string of the molecule is CCCCCCCCCCCCCCC(=O)OCCCC(C)C. The number of carbonyl (C=O) groups is 1. The van der Waals surface area contributed by atoms with Gasteiger partial charge in [-0.25, -0.2) is 0 Å². The second kappa shape index (κ2) is 17.8. The molecule has 0 saturated heterocycles. The van der Waals surface area contributed by atoms with E-state index in [0.29, 0.717) is 18.9 Å². The average Bonchev–Trinajstić information content (AvgIpc) is 2.52. The molecule has 0 aliphatic rings. The van der Waals surface area contributed by atoms with Crippen molar-refractivity contribution >= 4 is 5.97 Å². The normalized spacial score (nSPS) is 11.1. The Balaban J connectivity index is 3.13. The fourth-order valence-corrected chi connectivity index (χ4v) is 2.86. The molecule has 0 aromatic carbocycles. The van der Waals surface area contributed by atoms with Crippen LogP contribution in [-0.2, 0) is 9.53 Å². The van der Waals surface area contributed by atoms with E-state index in [9.17, 15) is 4.79 Å². The number of unbranched alkanes of at least 4 members (excludes halogenated alkanes) is 11. The number of carbonyl (C=O) groups excluding carboxylic acids is 1. The van der Waals surface area contributed by atoms with Gasteiger partial charge in [-0.15, -0.1) is 0 Å². The molecular weight excluding hydrogens is 284 g/mol. The van der Waals surface area contributed by atoms with Gasteiger partial charge in [0, 0.05) is 6.42 Å². The third kappa shape index (κ3) is 19.4. The van der Waals surface area contributed by atoms with Crippen LogP contribution in [0.25, 0.3) is 0 Å². The molecule has 138 valence electrons. The van der Waals surface area contributed by atoms with Gasteiger partial charge in [0.15, 0.2) is 0 Å². The van der Waals surface area contributed by atoms with Crippen LogP contribution in [0.1, 0.15) is 117 Å². The van der Waals surface area contributed by atoms with Crippen LogP contribution in [0.4, 0.5) is 0 Å². The summed E-state index contributed by atoms with van der Waals surface area (Å²) >= 11 is 0. The molecule has 0 amide bonds. The molecule has 0 N–H and O–H groups in total. The zero-order chi connectivity index (χ0) is 17.2. The molecule has 0 spiro atoms. The molecule has 0 saturated carbocycles. The van der Waals surface area contributed by atoms with E-state index in [1.165, 1.54) is 70.6 Å². The Morgan fingerprint density at radius 2 is 1.22 bits per heavy atom. The van der Waals surface area contributed by atoms with Gasteiger partial charge in [0.2, 0.25) is 0 Å². The van der Waals surface area contributed by atoms with Crippen molar-refractivity contribution in [2.45, 2.75) is 117 Å². The van der Waals surface area contributed by atoms with E-state index in [0.717, 1.165) is 19.3 Å². The van der Waals surface area contributed by atoms with Gasteiger partial charge in [-0.2, -0.15) is 0 Å². The summed E-state index contributed by atoms with van der Waals surface area (Å²) in [6.07, 6.45) is 18.7. The summed E-state index contributed by atoms with van der Waals surface area (Å²) in [4.78, 5) is 11.5. The highest BCUT2D eigenvalue weighted by Crippen LogP contribution is 2.12. The molecule has 0 aromatic rings. The molecule has 23 heavy (non-hydrogen) atoms. The van der Waals surface area contributed by atoms with Crippen molar-refractivity contribution in [2.24, 2.45) is 5.92 Å². The molecule has 0 fully saturated rings. The number of esters is 1. The van der Waals surface area contributed by atoms with Crippen molar-refractivity contribution in [1.29, 1.82) is 0 Å². The zero-order valence-corrected chi connectivity index (χ0v) is 16.2. The van der Waals surface area contributed by atoms with Crippen LogP contribution in [0.3, 0.4) is 0 Å². The lowest BCUT2D eigenvalue weighted by Crippen LogP contribution is -2.06. The second-order valence-electron chi connectivity index (χ2n) is 7.40. The summed E-state index contributed by atoms with van der Waals surface area (Å²) in [5, 5.41) is 0. The molecular formula is C21H42O2. The summed E-state index contributed by atoms with van der Waals surface area (Å²) in [6.45, 7) is 7.28. The Morgan fingerprint density at radius 3 is 1.70 bits per heavy atom. The van der Waals surface area contributed by atoms with Crippen molar-refractivity contribution in [2.75, 3.05) is 6.61 Å². The average molecular weight is 327 g/mol. The standard InChI is InChI=1S/C21H42O2/c1-4-5-6-7-8-9-10-11-12-13-14-15-18-21(22)23-19-16-17-20(2)3/h20H,4-19H2,1-3H3. The van der Waals surface area contributed by atoms with Crippen molar-refractivity contribution < 1.29 is 9.53 Å². The summed E-state index contributed by atoms with van der Waals surface area (Å²) in [5.74, 6) is 0.700. The van der Waals surface area contributed by atoms with Gasteiger partial charge in [-0.1, -0.05) is 91.4 Å². The van der Waals surface area contributed by atoms with Crippen molar-refractivity contribution in [1.82, 2.24) is 0 Å². The molecule has 0 heterocycles. The quantitative estimate of drug-likeness (QED) is 0.211. The first-order valence-corrected chi connectivity index (χ1v) is 10.3. The van der Waals surface area contributed by atoms with Crippen molar-refractivity contribution in [3.8, 4) is 0 Å². The van der Waals surface area contributed by atoms with Gasteiger partial charge in [-0.3, -0.25) is 4.79 Å². The summed E-state index contributed by atoms with van der Waals surface area (Å²) in [5.41, 5.74) is 0. The number of hydrogen-bond donors (Lipinski definition) is 0. The van der Waals surface area contributed by atoms with E-state index in [-0.39, 0.29) is 5.97 Å². The highest BCUT2D eigenvalue weighted by Gasteiger charge is 2.03. The second-order valence-corrected chi connectivity index (χ2v) is 7.40. The van der Waals surface area contributed by atoms with Gasteiger partial charge in [-0.05, 0) is 25.2 Å². The molecule has 0 aliphatic heterocycles. The van der Waals surface area contributed by atoms with Crippen LogP contribution in [0, 0.1) is 5.92 Å². The third-order valence-electron chi connectivity index (χ3n) is 4.42. The lowest BCUT2D eigenvalue weighted by molar-refractivity contribution is -0.143. The molecule has 0 aliphatic carbocycles. The smallest absolute Gasteiger partial charge is 0.305 e. The molecule has 2 heteroatoms. The van der Waals surface area contributed by atoms with Gasteiger partial charge >= 0.3 is 5.97 Å². The molecule has 2 nitrogen and oxygen atoms in total. The van der Waals surface area contributed by atoms with Crippen LogP contribution >= 0.6 is 0 Å². The molecule has 0 atom stereocenters. The Morgan fingerprint density at radius 1 is 0.739 bits per heavy atom. The van der Waals surface area contributed by atoms with Crippen molar-refractivity contribution in [3.05, 3.63) is 0 Å². The Labute approximate surface area is 145 Å². The zero-order valence-electron chi connectivity index (χ0n) is 16.2. The molecule has 0 rings (SSSR count). The first-order chi connectivity index (χ1) is 11.2. The molecule has 0 unspecified atom stereocenters. The number of ether oxygens (including phenoxy) is 1. The van der Waals surface area contributed by atoms with Crippen LogP contribution < -0.4 is 0 Å². The Bertz CT molecular complexity index is 248. The predicted octanol–water partition coefficient (Wildman–Crippen LogP) is 7.06. The van der Waals surface area contributed by atoms with E-state index >= 15 is 0 Å². The Hall–Kier alpha value is -0.530. The molecule has 0 aromatic heterocycles. The summed E-state index contributed by atoms with van der Waals surface area (Å²) in [6, 6.07) is 0. The maximum Gasteiger partial charge on any atom is 0.305 e. The lowest BCUT2D eigenvalue weighted by Gasteiger charge is -2.06. The van der Waals surface area contributed by atoms with Crippen LogP contribution in [0.2, 0.25) is 0 Å². The minimum absolute atomic E-state index is 0.000773. The fourth-order valence-electron chi connectivity index (χ4n) is 2.86. The summed E-state index contributed by atoms with van der Waals surface area (Å²) < 4.78 is 5.25. The Kier molecular flexibility index (Phi) is 17.4. The maximum absolute atomic E-state index is 11.5. The maximum atomic E-state index is 11.5. The minimum Gasteiger partial charge on any atom is -0.466 e. The minimum atomic E-state index is 0.000773. The van der Waals surface area contributed by atoms with Crippen molar-refractivity contribution in [3.63, 3.8) is 0 Å². The van der Waals surface area contributed by atoms with Gasteiger partial charge in [0.25, 0.3) is 0 Å². The topological polar surface area (TPSA) is 26.3 Å². The van der Waals surface area contributed by atoms with E-state index in [1.807, 2.05) is 0 Å². The van der Waals surface area contributed by atoms with E-state index < -0.39 is 0 Å².